The highest BCUT2D eigenvalue weighted by molar-refractivity contribution is 5.90. The summed E-state index contributed by atoms with van der Waals surface area (Å²) in [5.41, 5.74) is 0.637. The molecule has 3 amide bonds. The summed E-state index contributed by atoms with van der Waals surface area (Å²) in [7, 11) is 1.56. The molecule has 1 atom stereocenters. The van der Waals surface area contributed by atoms with Crippen LogP contribution < -0.4 is 21.3 Å². The number of amides is 3. The number of hydrogen-bond donors (Lipinski definition) is 5. The highest BCUT2D eigenvalue weighted by atomic mass is 16.6. The van der Waals surface area contributed by atoms with Gasteiger partial charge in [0.2, 0.25) is 17.7 Å². The van der Waals surface area contributed by atoms with E-state index < -0.39 is 47.7 Å². The molecule has 1 aromatic rings. The summed E-state index contributed by atoms with van der Waals surface area (Å²) < 4.78 is 0. The Kier molecular flexibility index (Phi) is 9.03. The van der Waals surface area contributed by atoms with Crippen LogP contribution >= 0.6 is 0 Å². The van der Waals surface area contributed by atoms with Gasteiger partial charge in [-0.1, -0.05) is 12.1 Å². The van der Waals surface area contributed by atoms with Gasteiger partial charge in [-0.15, -0.1) is 0 Å². The smallest absolute Gasteiger partial charge is 0.322 e. The van der Waals surface area contributed by atoms with Crippen LogP contribution in [0.4, 0.5) is 5.69 Å². The van der Waals surface area contributed by atoms with E-state index in [0.717, 1.165) is 0 Å². The quantitative estimate of drug-likeness (QED) is 0.214. The molecule has 28 heavy (non-hydrogen) atoms. The van der Waals surface area contributed by atoms with E-state index in [4.69, 9.17) is 5.11 Å². The van der Waals surface area contributed by atoms with Gasteiger partial charge >= 0.3 is 5.97 Å². The van der Waals surface area contributed by atoms with Crippen LogP contribution in [0.1, 0.15) is 5.56 Å². The molecule has 1 rings (SSSR count). The maximum atomic E-state index is 12.2. The maximum absolute atomic E-state index is 12.2. The van der Waals surface area contributed by atoms with E-state index in [0.29, 0.717) is 5.56 Å². The van der Waals surface area contributed by atoms with Gasteiger partial charge in [0.1, 0.15) is 6.54 Å². The Morgan fingerprint density at radius 1 is 1.00 bits per heavy atom. The summed E-state index contributed by atoms with van der Waals surface area (Å²) in [4.78, 5) is 55.5. The first-order chi connectivity index (χ1) is 13.2. The largest absolute Gasteiger partial charge is 0.480 e. The second-order valence-corrected chi connectivity index (χ2v) is 5.63. The lowest BCUT2D eigenvalue weighted by Gasteiger charge is -2.16. The zero-order chi connectivity index (χ0) is 21.1. The van der Waals surface area contributed by atoms with E-state index >= 15 is 0 Å². The van der Waals surface area contributed by atoms with E-state index in [1.54, 1.807) is 7.05 Å². The molecule has 12 nitrogen and oxygen atoms in total. The summed E-state index contributed by atoms with van der Waals surface area (Å²) >= 11 is 0. The molecule has 0 radical (unpaired) electrons. The highest BCUT2D eigenvalue weighted by Gasteiger charge is 2.18. The SMILES string of the molecule is CNC(Cc1ccc([N+](=O)[O-])cc1)C(=O)NCC(=O)NCC(=O)NCC(=O)O. The van der Waals surface area contributed by atoms with Crippen molar-refractivity contribution >= 4 is 29.4 Å². The van der Waals surface area contributed by atoms with Crippen molar-refractivity contribution in [3.63, 3.8) is 0 Å². The Bertz CT molecular complexity index is 735. The van der Waals surface area contributed by atoms with E-state index in [1.807, 2.05) is 0 Å². The van der Waals surface area contributed by atoms with Crippen LogP contribution in [0.25, 0.3) is 0 Å². The van der Waals surface area contributed by atoms with Crippen LogP contribution in [0, 0.1) is 10.1 Å². The van der Waals surface area contributed by atoms with Crippen LogP contribution in [0.15, 0.2) is 24.3 Å². The number of carbonyl (C=O) groups excluding carboxylic acids is 3. The number of nitro groups is 1. The number of nitrogens with zero attached hydrogens (tertiary/aromatic N) is 1. The van der Waals surface area contributed by atoms with Gasteiger partial charge < -0.3 is 26.4 Å². The van der Waals surface area contributed by atoms with Crippen LogP contribution in [-0.4, -0.2) is 66.4 Å². The molecule has 0 fully saturated rings. The number of benzene rings is 1. The number of aliphatic carboxylic acids is 1. The van der Waals surface area contributed by atoms with E-state index in [-0.39, 0.29) is 18.7 Å². The van der Waals surface area contributed by atoms with E-state index in [1.165, 1.54) is 24.3 Å². The molecule has 5 N–H and O–H groups in total. The first-order valence-electron chi connectivity index (χ1n) is 8.16. The van der Waals surface area contributed by atoms with E-state index in [2.05, 4.69) is 21.3 Å². The van der Waals surface area contributed by atoms with Gasteiger partial charge in [0.25, 0.3) is 5.69 Å². The molecule has 0 bridgehead atoms. The lowest BCUT2D eigenvalue weighted by molar-refractivity contribution is -0.384. The van der Waals surface area contributed by atoms with Crippen LogP contribution in [-0.2, 0) is 25.6 Å². The molecule has 0 saturated carbocycles. The standard InChI is InChI=1S/C16H21N5O7/c1-17-12(6-10-2-4-11(5-3-10)21(27)28)16(26)20-8-14(23)18-7-13(22)19-9-15(24)25/h2-5,12,17H,6-9H2,1H3,(H,18,23)(H,19,22)(H,20,26)(H,24,25). The number of rotatable bonds is 11. The fourth-order valence-electron chi connectivity index (χ4n) is 2.08. The van der Waals surface area contributed by atoms with Crippen LogP contribution in [0.2, 0.25) is 0 Å². The van der Waals surface area contributed by atoms with Crippen molar-refractivity contribution in [2.24, 2.45) is 0 Å². The second-order valence-electron chi connectivity index (χ2n) is 5.63. The van der Waals surface area contributed by atoms with Crippen molar-refractivity contribution in [1.29, 1.82) is 0 Å². The first-order valence-corrected chi connectivity index (χ1v) is 8.16. The summed E-state index contributed by atoms with van der Waals surface area (Å²) in [6.45, 7) is -1.35. The molecule has 0 spiro atoms. The summed E-state index contributed by atoms with van der Waals surface area (Å²) in [6, 6.07) is 5.08. The number of carboxylic acids is 1. The van der Waals surface area contributed by atoms with Crippen LogP contribution in [0.3, 0.4) is 0 Å². The maximum Gasteiger partial charge on any atom is 0.322 e. The number of carbonyl (C=O) groups is 4. The molecule has 0 aromatic heterocycles. The Morgan fingerprint density at radius 3 is 2.04 bits per heavy atom. The topological polar surface area (TPSA) is 180 Å². The molecule has 12 heteroatoms. The molecule has 0 heterocycles. The van der Waals surface area contributed by atoms with Crippen molar-refractivity contribution in [1.82, 2.24) is 21.3 Å². The Hall–Kier alpha value is -3.54. The summed E-state index contributed by atoms with van der Waals surface area (Å²) in [5, 5.41) is 28.6. The molecule has 0 aliphatic carbocycles. The van der Waals surface area contributed by atoms with Crippen LogP contribution in [0.5, 0.6) is 0 Å². The zero-order valence-corrected chi connectivity index (χ0v) is 15.1. The molecule has 1 aromatic carbocycles. The lowest BCUT2D eigenvalue weighted by atomic mass is 10.1. The minimum Gasteiger partial charge on any atom is -0.480 e. The average Bonchev–Trinajstić information content (AvgIpc) is 2.67. The zero-order valence-electron chi connectivity index (χ0n) is 15.1. The highest BCUT2D eigenvalue weighted by Crippen LogP contribution is 2.13. The molecule has 1 unspecified atom stereocenters. The van der Waals surface area contributed by atoms with Gasteiger partial charge in [-0.05, 0) is 19.0 Å². The van der Waals surface area contributed by atoms with Gasteiger partial charge in [-0.3, -0.25) is 29.3 Å². The fourth-order valence-corrected chi connectivity index (χ4v) is 2.08. The van der Waals surface area contributed by atoms with Crippen molar-refractivity contribution in [2.45, 2.75) is 12.5 Å². The number of nitro benzene ring substituents is 1. The van der Waals surface area contributed by atoms with Gasteiger partial charge in [-0.2, -0.15) is 0 Å². The van der Waals surface area contributed by atoms with Gasteiger partial charge in [-0.25, -0.2) is 0 Å². The average molecular weight is 395 g/mol. The van der Waals surface area contributed by atoms with Gasteiger partial charge in [0.15, 0.2) is 0 Å². The van der Waals surface area contributed by atoms with Crippen molar-refractivity contribution in [3.05, 3.63) is 39.9 Å². The van der Waals surface area contributed by atoms with Crippen molar-refractivity contribution in [2.75, 3.05) is 26.7 Å². The Labute approximate surface area is 159 Å². The molecular weight excluding hydrogens is 374 g/mol. The minimum absolute atomic E-state index is 0.0572. The number of nitrogens with one attached hydrogen (secondary N) is 4. The minimum atomic E-state index is -1.21. The van der Waals surface area contributed by atoms with Gasteiger partial charge in [0.05, 0.1) is 24.1 Å². The molecule has 0 saturated heterocycles. The lowest BCUT2D eigenvalue weighted by Crippen LogP contribution is -2.48. The number of likely N-dealkylation sites (N-methyl/N-ethyl adjacent to an activating group) is 1. The third-order valence-electron chi connectivity index (χ3n) is 3.56. The normalized spacial score (nSPS) is 11.2. The van der Waals surface area contributed by atoms with Crippen molar-refractivity contribution < 1.29 is 29.2 Å². The summed E-state index contributed by atoms with van der Waals surface area (Å²) in [6.07, 6.45) is 0.250. The third kappa shape index (κ3) is 8.23. The van der Waals surface area contributed by atoms with Crippen molar-refractivity contribution in [3.8, 4) is 0 Å². The fraction of sp³-hybridized carbons (Fsp3) is 0.375. The summed E-state index contributed by atoms with van der Waals surface area (Å²) in [5.74, 6) is -2.97. The number of hydrogen-bond acceptors (Lipinski definition) is 7. The van der Waals surface area contributed by atoms with E-state index in [9.17, 15) is 29.3 Å². The number of carboxylic acid groups (broad SMARTS) is 1. The predicted octanol–water partition coefficient (Wildman–Crippen LogP) is -1.84. The molecular formula is C16H21N5O7. The molecule has 0 aliphatic heterocycles. The second kappa shape index (κ2) is 11.2. The third-order valence-corrected chi connectivity index (χ3v) is 3.56. The van der Waals surface area contributed by atoms with Gasteiger partial charge in [0, 0.05) is 12.1 Å². The predicted molar refractivity (Wildman–Crippen MR) is 96.3 cm³/mol. The first kappa shape index (κ1) is 22.5. The Balaban J connectivity index is 2.42. The monoisotopic (exact) mass is 395 g/mol. The molecule has 0 aliphatic rings. The number of non-ortho nitro benzene ring substituents is 1. The molecule has 152 valence electrons. The Morgan fingerprint density at radius 2 is 1.54 bits per heavy atom.